The van der Waals surface area contributed by atoms with Crippen molar-refractivity contribution in [2.24, 2.45) is 0 Å². The summed E-state index contributed by atoms with van der Waals surface area (Å²) in [4.78, 5) is 11.5. The topological polar surface area (TPSA) is 85.6 Å². The molecule has 0 aliphatic heterocycles. The van der Waals surface area contributed by atoms with Gasteiger partial charge < -0.3 is 9.15 Å². The van der Waals surface area contributed by atoms with Gasteiger partial charge in [-0.3, -0.25) is 0 Å². The van der Waals surface area contributed by atoms with Crippen molar-refractivity contribution < 1.29 is 22.4 Å². The lowest BCUT2D eigenvalue weighted by atomic mass is 10.1. The van der Waals surface area contributed by atoms with E-state index in [1.54, 1.807) is 25.1 Å². The van der Waals surface area contributed by atoms with Crippen molar-refractivity contribution in [1.29, 1.82) is 0 Å². The smallest absolute Gasteiger partial charge is 0.337 e. The third-order valence-corrected chi connectivity index (χ3v) is 4.46. The van der Waals surface area contributed by atoms with Crippen LogP contribution in [0.25, 0.3) is 0 Å². The summed E-state index contributed by atoms with van der Waals surface area (Å²) in [5.41, 5.74) is 0.719. The molecule has 0 fully saturated rings. The van der Waals surface area contributed by atoms with Crippen molar-refractivity contribution in [3.63, 3.8) is 0 Å². The van der Waals surface area contributed by atoms with Gasteiger partial charge in [0.2, 0.25) is 10.0 Å². The normalized spacial score (nSPS) is 11.3. The molecule has 0 bridgehead atoms. The highest BCUT2D eigenvalue weighted by Gasteiger charge is 2.19. The van der Waals surface area contributed by atoms with Gasteiger partial charge in [-0.15, -0.1) is 0 Å². The van der Waals surface area contributed by atoms with Crippen LogP contribution >= 0.6 is 0 Å². The second kappa shape index (κ2) is 6.11. The van der Waals surface area contributed by atoms with Gasteiger partial charge in [-0.25, -0.2) is 17.9 Å². The first-order valence-corrected chi connectivity index (χ1v) is 7.63. The summed E-state index contributed by atoms with van der Waals surface area (Å²) in [5.74, 6) is -0.0853. The van der Waals surface area contributed by atoms with Gasteiger partial charge in [-0.1, -0.05) is 6.07 Å². The molecule has 0 radical (unpaired) electrons. The van der Waals surface area contributed by atoms with E-state index in [4.69, 9.17) is 4.42 Å². The third-order valence-electron chi connectivity index (χ3n) is 2.92. The lowest BCUT2D eigenvalue weighted by Gasteiger charge is -2.10. The van der Waals surface area contributed by atoms with Gasteiger partial charge in [-0.05, 0) is 36.8 Å². The predicted molar refractivity (Wildman–Crippen MR) is 75.3 cm³/mol. The number of carbonyl (C=O) groups is 1. The van der Waals surface area contributed by atoms with Crippen LogP contribution in [0.5, 0.6) is 0 Å². The maximum absolute atomic E-state index is 12.3. The maximum atomic E-state index is 12.3. The van der Waals surface area contributed by atoms with E-state index >= 15 is 0 Å². The Balaban J connectivity index is 2.28. The maximum Gasteiger partial charge on any atom is 0.337 e. The van der Waals surface area contributed by atoms with Crippen LogP contribution in [0.15, 0.2) is 45.9 Å². The zero-order valence-corrected chi connectivity index (χ0v) is 12.4. The highest BCUT2D eigenvalue weighted by molar-refractivity contribution is 7.89. The summed E-state index contributed by atoms with van der Waals surface area (Å²) in [5, 5.41) is 0. The second-order valence-corrected chi connectivity index (χ2v) is 6.11. The van der Waals surface area contributed by atoms with Crippen LogP contribution in [0.2, 0.25) is 0 Å². The molecule has 1 aromatic heterocycles. The molecular weight excluding hydrogens is 294 g/mol. The Bertz CT molecular complexity index is 735. The third kappa shape index (κ3) is 3.50. The number of benzene rings is 1. The zero-order valence-electron chi connectivity index (χ0n) is 11.6. The fourth-order valence-electron chi connectivity index (χ4n) is 1.79. The first-order chi connectivity index (χ1) is 9.94. The standard InChI is InChI=1S/C14H15NO5S/c1-10-5-6-11(14(16)19-2)8-13(10)21(17,18)15-9-12-4-3-7-20-12/h3-8,15H,9H2,1-2H3. The number of rotatable bonds is 5. The molecule has 112 valence electrons. The monoisotopic (exact) mass is 309 g/mol. The van der Waals surface area contributed by atoms with Crippen LogP contribution < -0.4 is 4.72 Å². The Hall–Kier alpha value is -2.12. The first kappa shape index (κ1) is 15.3. The van der Waals surface area contributed by atoms with Crippen molar-refractivity contribution in [2.45, 2.75) is 18.4 Å². The van der Waals surface area contributed by atoms with Gasteiger partial charge >= 0.3 is 5.97 Å². The number of aryl methyl sites for hydroxylation is 1. The lowest BCUT2D eigenvalue weighted by molar-refractivity contribution is 0.0600. The molecule has 1 aromatic carbocycles. The molecule has 0 aliphatic rings. The fraction of sp³-hybridized carbons (Fsp3) is 0.214. The number of esters is 1. The van der Waals surface area contributed by atoms with Gasteiger partial charge in [0, 0.05) is 0 Å². The van der Waals surface area contributed by atoms with Crippen LogP contribution in [-0.4, -0.2) is 21.5 Å². The molecule has 2 aromatic rings. The molecule has 0 amide bonds. The number of hydrogen-bond donors (Lipinski definition) is 1. The Morgan fingerprint density at radius 3 is 2.71 bits per heavy atom. The highest BCUT2D eigenvalue weighted by atomic mass is 32.2. The van der Waals surface area contributed by atoms with Crippen molar-refractivity contribution in [3.05, 3.63) is 53.5 Å². The minimum atomic E-state index is -3.75. The minimum Gasteiger partial charge on any atom is -0.468 e. The summed E-state index contributed by atoms with van der Waals surface area (Å²) in [6.07, 6.45) is 1.47. The molecule has 0 saturated heterocycles. The molecule has 21 heavy (non-hydrogen) atoms. The summed E-state index contributed by atoms with van der Waals surface area (Å²) in [7, 11) is -2.51. The molecule has 1 N–H and O–H groups in total. The van der Waals surface area contributed by atoms with E-state index in [9.17, 15) is 13.2 Å². The lowest BCUT2D eigenvalue weighted by Crippen LogP contribution is -2.24. The quantitative estimate of drug-likeness (QED) is 0.852. The summed E-state index contributed by atoms with van der Waals surface area (Å²) in [6, 6.07) is 7.72. The van der Waals surface area contributed by atoms with E-state index in [1.165, 1.54) is 25.5 Å². The van der Waals surface area contributed by atoms with Crippen molar-refractivity contribution in [2.75, 3.05) is 7.11 Å². The Labute approximate surface area is 122 Å². The van der Waals surface area contributed by atoms with Crippen molar-refractivity contribution in [1.82, 2.24) is 4.72 Å². The molecule has 0 atom stereocenters. The average molecular weight is 309 g/mol. The Morgan fingerprint density at radius 1 is 1.33 bits per heavy atom. The van der Waals surface area contributed by atoms with Gasteiger partial charge in [0.05, 0.1) is 30.4 Å². The van der Waals surface area contributed by atoms with Crippen LogP contribution in [-0.2, 0) is 21.3 Å². The molecule has 0 saturated carbocycles. The molecule has 7 heteroatoms. The van der Waals surface area contributed by atoms with E-state index in [1.807, 2.05) is 0 Å². The van der Waals surface area contributed by atoms with Crippen LogP contribution in [0, 0.1) is 6.92 Å². The van der Waals surface area contributed by atoms with E-state index in [0.717, 1.165) is 0 Å². The van der Waals surface area contributed by atoms with Crippen molar-refractivity contribution >= 4 is 16.0 Å². The van der Waals surface area contributed by atoms with Crippen LogP contribution in [0.3, 0.4) is 0 Å². The van der Waals surface area contributed by atoms with E-state index in [0.29, 0.717) is 11.3 Å². The fourth-order valence-corrected chi connectivity index (χ4v) is 3.05. The minimum absolute atomic E-state index is 0.0388. The molecule has 1 heterocycles. The number of nitrogens with one attached hydrogen (secondary N) is 1. The van der Waals surface area contributed by atoms with Gasteiger partial charge in [0.25, 0.3) is 0 Å². The van der Waals surface area contributed by atoms with E-state index in [2.05, 4.69) is 9.46 Å². The molecule has 6 nitrogen and oxygen atoms in total. The summed E-state index contributed by atoms with van der Waals surface area (Å²) >= 11 is 0. The Kier molecular flexibility index (Phi) is 4.44. The number of methoxy groups -OCH3 is 1. The van der Waals surface area contributed by atoms with Crippen molar-refractivity contribution in [3.8, 4) is 0 Å². The van der Waals surface area contributed by atoms with E-state index < -0.39 is 16.0 Å². The van der Waals surface area contributed by atoms with E-state index in [-0.39, 0.29) is 17.0 Å². The molecule has 2 rings (SSSR count). The van der Waals surface area contributed by atoms with Crippen LogP contribution in [0.4, 0.5) is 0 Å². The predicted octanol–water partition coefficient (Wildman–Crippen LogP) is 1.85. The first-order valence-electron chi connectivity index (χ1n) is 6.15. The molecule has 0 unspecified atom stereocenters. The summed E-state index contributed by atoms with van der Waals surface area (Å²) in [6.45, 7) is 1.69. The molecule has 0 spiro atoms. The Morgan fingerprint density at radius 2 is 2.10 bits per heavy atom. The van der Waals surface area contributed by atoms with Gasteiger partial charge in [-0.2, -0.15) is 0 Å². The number of carbonyl (C=O) groups excluding carboxylic acids is 1. The largest absolute Gasteiger partial charge is 0.468 e. The number of sulfonamides is 1. The van der Waals surface area contributed by atoms with Gasteiger partial charge in [0.1, 0.15) is 5.76 Å². The number of ether oxygens (including phenoxy) is 1. The summed E-state index contributed by atoms with van der Waals surface area (Å²) < 4.78 is 36.7. The molecular formula is C14H15NO5S. The second-order valence-electron chi connectivity index (χ2n) is 4.38. The highest BCUT2D eigenvalue weighted by Crippen LogP contribution is 2.18. The molecule has 0 aliphatic carbocycles. The SMILES string of the molecule is COC(=O)c1ccc(C)c(S(=O)(=O)NCc2ccco2)c1. The van der Waals surface area contributed by atoms with Crippen LogP contribution in [0.1, 0.15) is 21.7 Å². The average Bonchev–Trinajstić information content (AvgIpc) is 2.98. The van der Waals surface area contributed by atoms with Gasteiger partial charge in [0.15, 0.2) is 0 Å². The number of furan rings is 1. The number of hydrogen-bond acceptors (Lipinski definition) is 5. The zero-order chi connectivity index (χ0) is 15.5.